The van der Waals surface area contributed by atoms with Crippen molar-refractivity contribution in [2.24, 2.45) is 0 Å². The average molecular weight is 245 g/mol. The van der Waals surface area contributed by atoms with Gasteiger partial charge in [0, 0.05) is 17.5 Å². The van der Waals surface area contributed by atoms with Gasteiger partial charge in [-0.25, -0.2) is 8.78 Å². The van der Waals surface area contributed by atoms with Gasteiger partial charge in [-0.3, -0.25) is 0 Å². The van der Waals surface area contributed by atoms with Gasteiger partial charge in [0.25, 0.3) is 0 Å². The molecule has 1 heterocycles. The topological polar surface area (TPSA) is 35.2 Å². The SMILES string of the molecule is CC1OCCC1Sc1c(F)cc(N)cc1F. The Morgan fingerprint density at radius 3 is 2.50 bits per heavy atom. The monoisotopic (exact) mass is 245 g/mol. The Balaban J connectivity index is 2.21. The van der Waals surface area contributed by atoms with E-state index in [9.17, 15) is 8.78 Å². The molecule has 16 heavy (non-hydrogen) atoms. The minimum absolute atomic E-state index is 0.0290. The van der Waals surface area contributed by atoms with Gasteiger partial charge in [-0.05, 0) is 25.5 Å². The van der Waals surface area contributed by atoms with Crippen molar-refractivity contribution in [2.75, 3.05) is 12.3 Å². The van der Waals surface area contributed by atoms with Crippen LogP contribution in [0, 0.1) is 11.6 Å². The van der Waals surface area contributed by atoms with E-state index >= 15 is 0 Å². The summed E-state index contributed by atoms with van der Waals surface area (Å²) in [4.78, 5) is 0.0385. The molecule has 1 aromatic carbocycles. The fourth-order valence-electron chi connectivity index (χ4n) is 1.71. The van der Waals surface area contributed by atoms with Gasteiger partial charge in [0.2, 0.25) is 0 Å². The third kappa shape index (κ3) is 2.30. The van der Waals surface area contributed by atoms with Gasteiger partial charge in [-0.15, -0.1) is 11.8 Å². The molecule has 2 nitrogen and oxygen atoms in total. The smallest absolute Gasteiger partial charge is 0.141 e. The van der Waals surface area contributed by atoms with Crippen molar-refractivity contribution in [3.05, 3.63) is 23.8 Å². The number of anilines is 1. The first-order valence-electron chi connectivity index (χ1n) is 5.10. The standard InChI is InChI=1S/C11H13F2NOS/c1-6-10(2-3-15-6)16-11-8(12)4-7(14)5-9(11)13/h4-6,10H,2-3,14H2,1H3. The fourth-order valence-corrected chi connectivity index (χ4v) is 2.84. The Morgan fingerprint density at radius 2 is 2.00 bits per heavy atom. The summed E-state index contributed by atoms with van der Waals surface area (Å²) in [5.41, 5.74) is 5.46. The van der Waals surface area contributed by atoms with Crippen LogP contribution in [0.3, 0.4) is 0 Å². The molecular formula is C11H13F2NOS. The van der Waals surface area contributed by atoms with E-state index in [2.05, 4.69) is 0 Å². The van der Waals surface area contributed by atoms with E-state index < -0.39 is 11.6 Å². The molecule has 2 rings (SSSR count). The van der Waals surface area contributed by atoms with Gasteiger partial charge in [-0.1, -0.05) is 0 Å². The summed E-state index contributed by atoms with van der Waals surface area (Å²) in [5.74, 6) is -1.19. The molecule has 1 aromatic rings. The van der Waals surface area contributed by atoms with Gasteiger partial charge in [0.1, 0.15) is 11.6 Å². The lowest BCUT2D eigenvalue weighted by molar-refractivity contribution is 0.127. The summed E-state index contributed by atoms with van der Waals surface area (Å²) < 4.78 is 32.4. The van der Waals surface area contributed by atoms with Crippen LogP contribution < -0.4 is 5.73 Å². The van der Waals surface area contributed by atoms with E-state index in [0.29, 0.717) is 6.61 Å². The van der Waals surface area contributed by atoms with Crippen LogP contribution in [0.1, 0.15) is 13.3 Å². The normalized spacial score (nSPS) is 24.9. The quantitative estimate of drug-likeness (QED) is 0.814. The third-order valence-electron chi connectivity index (χ3n) is 2.60. The third-order valence-corrected chi connectivity index (χ3v) is 4.14. The zero-order chi connectivity index (χ0) is 11.7. The molecule has 1 aliphatic rings. The van der Waals surface area contributed by atoms with Crippen molar-refractivity contribution in [2.45, 2.75) is 29.6 Å². The van der Waals surface area contributed by atoms with Crippen molar-refractivity contribution in [1.29, 1.82) is 0 Å². The molecule has 0 bridgehead atoms. The maximum Gasteiger partial charge on any atom is 0.141 e. The maximum absolute atomic E-state index is 13.5. The molecule has 0 aliphatic carbocycles. The first-order valence-corrected chi connectivity index (χ1v) is 5.98. The lowest BCUT2D eigenvalue weighted by atomic mass is 10.2. The zero-order valence-electron chi connectivity index (χ0n) is 8.87. The largest absolute Gasteiger partial charge is 0.399 e. The summed E-state index contributed by atoms with van der Waals surface area (Å²) in [7, 11) is 0. The van der Waals surface area contributed by atoms with Crippen LogP contribution in [0.2, 0.25) is 0 Å². The first-order chi connectivity index (χ1) is 7.58. The van der Waals surface area contributed by atoms with Crippen LogP contribution in [-0.2, 0) is 4.74 Å². The average Bonchev–Trinajstić information content (AvgIpc) is 2.57. The summed E-state index contributed by atoms with van der Waals surface area (Å²) in [5, 5.41) is 0.104. The van der Waals surface area contributed by atoms with E-state index in [4.69, 9.17) is 10.5 Å². The first kappa shape index (κ1) is 11.7. The van der Waals surface area contributed by atoms with E-state index in [1.54, 1.807) is 0 Å². The Hall–Kier alpha value is -0.810. The van der Waals surface area contributed by atoms with E-state index in [1.165, 1.54) is 11.8 Å². The molecule has 0 amide bonds. The molecule has 0 spiro atoms. The van der Waals surface area contributed by atoms with Gasteiger partial charge in [-0.2, -0.15) is 0 Å². The fraction of sp³-hybridized carbons (Fsp3) is 0.455. The number of ether oxygens (including phenoxy) is 1. The summed E-state index contributed by atoms with van der Waals surface area (Å²) in [6, 6.07) is 2.29. The molecule has 5 heteroatoms. The van der Waals surface area contributed by atoms with Crippen LogP contribution in [0.15, 0.2) is 17.0 Å². The Bertz CT molecular complexity index is 377. The Labute approximate surface area is 97.2 Å². The molecule has 1 fully saturated rings. The highest BCUT2D eigenvalue weighted by Crippen LogP contribution is 2.36. The molecule has 0 radical (unpaired) electrons. The number of rotatable bonds is 2. The molecule has 0 saturated carbocycles. The van der Waals surface area contributed by atoms with Crippen molar-refractivity contribution in [3.63, 3.8) is 0 Å². The predicted octanol–water partition coefficient (Wildman–Crippen LogP) is 2.82. The number of hydrogen-bond acceptors (Lipinski definition) is 3. The molecule has 1 saturated heterocycles. The predicted molar refractivity (Wildman–Crippen MR) is 60.4 cm³/mol. The van der Waals surface area contributed by atoms with Crippen LogP contribution in [0.4, 0.5) is 14.5 Å². The van der Waals surface area contributed by atoms with E-state index in [0.717, 1.165) is 18.6 Å². The molecule has 1 aliphatic heterocycles. The van der Waals surface area contributed by atoms with E-state index in [-0.39, 0.29) is 21.9 Å². The summed E-state index contributed by atoms with van der Waals surface area (Å²) in [6.45, 7) is 2.56. The lowest BCUT2D eigenvalue weighted by Gasteiger charge is -2.14. The van der Waals surface area contributed by atoms with Crippen LogP contribution in [0.5, 0.6) is 0 Å². The van der Waals surface area contributed by atoms with Crippen molar-refractivity contribution in [1.82, 2.24) is 0 Å². The molecular weight excluding hydrogens is 232 g/mol. The van der Waals surface area contributed by atoms with Gasteiger partial charge >= 0.3 is 0 Å². The second kappa shape index (κ2) is 4.59. The Morgan fingerprint density at radius 1 is 1.38 bits per heavy atom. The van der Waals surface area contributed by atoms with E-state index in [1.807, 2.05) is 6.92 Å². The molecule has 0 aromatic heterocycles. The minimum Gasteiger partial charge on any atom is -0.399 e. The van der Waals surface area contributed by atoms with Crippen molar-refractivity contribution >= 4 is 17.4 Å². The van der Waals surface area contributed by atoms with Gasteiger partial charge < -0.3 is 10.5 Å². The molecule has 2 unspecified atom stereocenters. The number of thioether (sulfide) groups is 1. The second-order valence-corrected chi connectivity index (χ2v) is 5.08. The highest BCUT2D eigenvalue weighted by Gasteiger charge is 2.27. The number of nitrogens with two attached hydrogens (primary N) is 1. The lowest BCUT2D eigenvalue weighted by Crippen LogP contribution is -2.13. The minimum atomic E-state index is -0.596. The highest BCUT2D eigenvalue weighted by molar-refractivity contribution is 8.00. The van der Waals surface area contributed by atoms with Crippen LogP contribution >= 0.6 is 11.8 Å². The second-order valence-electron chi connectivity index (χ2n) is 3.83. The maximum atomic E-state index is 13.5. The highest BCUT2D eigenvalue weighted by atomic mass is 32.2. The summed E-state index contributed by atoms with van der Waals surface area (Å²) >= 11 is 1.19. The molecule has 2 atom stereocenters. The summed E-state index contributed by atoms with van der Waals surface area (Å²) in [6.07, 6.45) is 0.844. The van der Waals surface area contributed by atoms with Crippen molar-refractivity contribution < 1.29 is 13.5 Å². The Kier molecular flexibility index (Phi) is 3.35. The molecule has 88 valence electrons. The zero-order valence-corrected chi connectivity index (χ0v) is 9.69. The molecule has 2 N–H and O–H groups in total. The number of hydrogen-bond donors (Lipinski definition) is 1. The van der Waals surface area contributed by atoms with Crippen molar-refractivity contribution in [3.8, 4) is 0 Å². The van der Waals surface area contributed by atoms with Crippen LogP contribution in [0.25, 0.3) is 0 Å². The number of nitrogen functional groups attached to an aromatic ring is 1. The number of halogens is 2. The number of benzene rings is 1. The van der Waals surface area contributed by atoms with Crippen LogP contribution in [-0.4, -0.2) is 18.0 Å². The van der Waals surface area contributed by atoms with Gasteiger partial charge in [0.05, 0.1) is 11.0 Å². The van der Waals surface area contributed by atoms with Gasteiger partial charge in [0.15, 0.2) is 0 Å².